The number of benzene rings is 1. The second-order valence-electron chi connectivity index (χ2n) is 4.93. The van der Waals surface area contributed by atoms with Gasteiger partial charge in [0.25, 0.3) is 0 Å². The van der Waals surface area contributed by atoms with Crippen molar-refractivity contribution in [2.24, 2.45) is 0 Å². The van der Waals surface area contributed by atoms with E-state index >= 15 is 0 Å². The first kappa shape index (κ1) is 12.0. The molecular weight excluding hydrogens is 238 g/mol. The minimum Gasteiger partial charge on any atom is -0.470 e. The first-order valence-electron chi connectivity index (χ1n) is 6.58. The van der Waals surface area contributed by atoms with Gasteiger partial charge in [-0.15, -0.1) is 0 Å². The molecule has 1 atom stereocenters. The maximum atomic E-state index is 5.87. The lowest BCUT2D eigenvalue weighted by molar-refractivity contribution is 0.216. The van der Waals surface area contributed by atoms with E-state index in [0.29, 0.717) is 17.6 Å². The van der Waals surface area contributed by atoms with Gasteiger partial charge in [0, 0.05) is 12.0 Å². The van der Waals surface area contributed by atoms with Crippen LogP contribution in [0.5, 0.6) is 5.88 Å². The highest BCUT2D eigenvalue weighted by Gasteiger charge is 2.27. The van der Waals surface area contributed by atoms with Gasteiger partial charge in [0.05, 0.1) is 0 Å². The van der Waals surface area contributed by atoms with Crippen molar-refractivity contribution < 1.29 is 4.74 Å². The molecule has 1 aromatic carbocycles. The average Bonchev–Trinajstić information content (AvgIpc) is 3.23. The van der Waals surface area contributed by atoms with E-state index in [4.69, 9.17) is 10.5 Å². The summed E-state index contributed by atoms with van der Waals surface area (Å²) in [6.07, 6.45) is 2.25. The predicted octanol–water partition coefficient (Wildman–Crippen LogP) is 3.08. The molecule has 2 aromatic rings. The van der Waals surface area contributed by atoms with Crippen molar-refractivity contribution in [1.29, 1.82) is 0 Å². The molecule has 1 saturated carbocycles. The van der Waals surface area contributed by atoms with Gasteiger partial charge in [-0.2, -0.15) is 4.98 Å². The van der Waals surface area contributed by atoms with E-state index in [1.807, 2.05) is 37.3 Å². The summed E-state index contributed by atoms with van der Waals surface area (Å²) in [6, 6.07) is 11.8. The van der Waals surface area contributed by atoms with E-state index in [1.165, 1.54) is 0 Å². The lowest BCUT2D eigenvalue weighted by atomic mass is 10.1. The van der Waals surface area contributed by atoms with Crippen molar-refractivity contribution in [3.63, 3.8) is 0 Å². The van der Waals surface area contributed by atoms with Crippen LogP contribution in [0.25, 0.3) is 0 Å². The Labute approximate surface area is 112 Å². The highest BCUT2D eigenvalue weighted by Crippen LogP contribution is 2.39. The topological polar surface area (TPSA) is 61.0 Å². The van der Waals surface area contributed by atoms with E-state index < -0.39 is 0 Å². The van der Waals surface area contributed by atoms with E-state index in [9.17, 15) is 0 Å². The third kappa shape index (κ3) is 2.84. The Morgan fingerprint density at radius 1 is 1.21 bits per heavy atom. The quantitative estimate of drug-likeness (QED) is 0.912. The van der Waals surface area contributed by atoms with Crippen LogP contribution in [0.15, 0.2) is 36.4 Å². The summed E-state index contributed by atoms with van der Waals surface area (Å²) in [4.78, 5) is 8.71. The molecule has 98 valence electrons. The smallest absolute Gasteiger partial charge is 0.219 e. The molecule has 0 radical (unpaired) electrons. The molecule has 0 spiro atoms. The van der Waals surface area contributed by atoms with Gasteiger partial charge in [0.1, 0.15) is 17.7 Å². The summed E-state index contributed by atoms with van der Waals surface area (Å²) in [5, 5.41) is 0. The molecule has 1 aliphatic carbocycles. The summed E-state index contributed by atoms with van der Waals surface area (Å²) >= 11 is 0. The molecule has 1 heterocycles. The molecule has 4 heteroatoms. The number of nitrogens with zero attached hydrogens (tertiary/aromatic N) is 2. The van der Waals surface area contributed by atoms with Gasteiger partial charge >= 0.3 is 0 Å². The minimum atomic E-state index is -0.0532. The highest BCUT2D eigenvalue weighted by atomic mass is 16.5. The fourth-order valence-corrected chi connectivity index (χ4v) is 2.02. The summed E-state index contributed by atoms with van der Waals surface area (Å²) in [7, 11) is 0. The lowest BCUT2D eigenvalue weighted by Gasteiger charge is -2.15. The van der Waals surface area contributed by atoms with Crippen LogP contribution in [0.1, 0.15) is 43.2 Å². The van der Waals surface area contributed by atoms with E-state index in [1.54, 1.807) is 6.07 Å². The van der Waals surface area contributed by atoms with Crippen LogP contribution in [-0.2, 0) is 0 Å². The normalized spacial score (nSPS) is 16.1. The van der Waals surface area contributed by atoms with Crippen molar-refractivity contribution in [2.45, 2.75) is 31.8 Å². The molecule has 1 aliphatic rings. The summed E-state index contributed by atoms with van der Waals surface area (Å²) in [6.45, 7) is 2.00. The van der Waals surface area contributed by atoms with Crippen LogP contribution in [0.3, 0.4) is 0 Å². The van der Waals surface area contributed by atoms with Gasteiger partial charge in [0.2, 0.25) is 5.88 Å². The molecule has 4 nitrogen and oxygen atoms in total. The lowest BCUT2D eigenvalue weighted by Crippen LogP contribution is -2.07. The Hall–Kier alpha value is -2.10. The molecule has 1 fully saturated rings. The largest absolute Gasteiger partial charge is 0.470 e. The Morgan fingerprint density at radius 3 is 2.63 bits per heavy atom. The van der Waals surface area contributed by atoms with Gasteiger partial charge < -0.3 is 10.5 Å². The van der Waals surface area contributed by atoms with Gasteiger partial charge in [-0.1, -0.05) is 30.3 Å². The number of aromatic nitrogens is 2. The molecule has 0 aliphatic heterocycles. The molecule has 0 amide bonds. The monoisotopic (exact) mass is 255 g/mol. The first-order chi connectivity index (χ1) is 9.22. The molecule has 0 saturated heterocycles. The van der Waals surface area contributed by atoms with Crippen molar-refractivity contribution >= 4 is 5.82 Å². The third-order valence-electron chi connectivity index (χ3n) is 3.25. The van der Waals surface area contributed by atoms with Crippen molar-refractivity contribution in [1.82, 2.24) is 9.97 Å². The Morgan fingerprint density at radius 2 is 1.95 bits per heavy atom. The van der Waals surface area contributed by atoms with Gasteiger partial charge in [-0.3, -0.25) is 0 Å². The number of ether oxygens (including phenoxy) is 1. The molecule has 0 bridgehead atoms. The van der Waals surface area contributed by atoms with Gasteiger partial charge in [0.15, 0.2) is 0 Å². The Bertz CT molecular complexity index is 567. The van der Waals surface area contributed by atoms with Crippen LogP contribution >= 0.6 is 0 Å². The molecular formula is C15H17N3O. The minimum absolute atomic E-state index is 0.0532. The fraction of sp³-hybridized carbons (Fsp3) is 0.333. The van der Waals surface area contributed by atoms with E-state index in [0.717, 1.165) is 24.2 Å². The molecule has 1 aromatic heterocycles. The zero-order valence-corrected chi connectivity index (χ0v) is 10.9. The summed E-state index contributed by atoms with van der Waals surface area (Å²) < 4.78 is 5.87. The fourth-order valence-electron chi connectivity index (χ4n) is 2.02. The average molecular weight is 255 g/mol. The van der Waals surface area contributed by atoms with Crippen LogP contribution in [-0.4, -0.2) is 9.97 Å². The Balaban J connectivity index is 1.79. The van der Waals surface area contributed by atoms with Crippen molar-refractivity contribution in [3.8, 4) is 5.88 Å². The second-order valence-corrected chi connectivity index (χ2v) is 4.93. The Kier molecular flexibility index (Phi) is 3.07. The number of nitrogens with two attached hydrogens (primary N) is 1. The summed E-state index contributed by atoms with van der Waals surface area (Å²) in [5.74, 6) is 2.33. The number of hydrogen-bond donors (Lipinski definition) is 1. The molecule has 3 rings (SSSR count). The maximum Gasteiger partial charge on any atom is 0.219 e. The van der Waals surface area contributed by atoms with E-state index in [2.05, 4.69) is 9.97 Å². The van der Waals surface area contributed by atoms with Crippen molar-refractivity contribution in [2.75, 3.05) is 5.73 Å². The zero-order valence-electron chi connectivity index (χ0n) is 10.9. The van der Waals surface area contributed by atoms with Gasteiger partial charge in [-0.05, 0) is 25.3 Å². The highest BCUT2D eigenvalue weighted by molar-refractivity contribution is 5.34. The van der Waals surface area contributed by atoms with Crippen LogP contribution < -0.4 is 10.5 Å². The maximum absolute atomic E-state index is 5.87. The van der Waals surface area contributed by atoms with Crippen LogP contribution in [0, 0.1) is 0 Å². The number of hydrogen-bond acceptors (Lipinski definition) is 4. The van der Waals surface area contributed by atoms with E-state index in [-0.39, 0.29) is 6.10 Å². The molecule has 2 N–H and O–H groups in total. The number of rotatable bonds is 4. The van der Waals surface area contributed by atoms with Crippen LogP contribution in [0.4, 0.5) is 5.82 Å². The molecule has 19 heavy (non-hydrogen) atoms. The second kappa shape index (κ2) is 4.88. The first-order valence-corrected chi connectivity index (χ1v) is 6.58. The SMILES string of the molecule is CC(Oc1cc(N)nc(C2CC2)n1)c1ccccc1. The zero-order chi connectivity index (χ0) is 13.2. The number of anilines is 1. The number of nitrogen functional groups attached to an aromatic ring is 1. The predicted molar refractivity (Wildman–Crippen MR) is 73.9 cm³/mol. The molecule has 1 unspecified atom stereocenters. The summed E-state index contributed by atoms with van der Waals surface area (Å²) in [5.41, 5.74) is 6.93. The van der Waals surface area contributed by atoms with Crippen molar-refractivity contribution in [3.05, 3.63) is 47.8 Å². The van der Waals surface area contributed by atoms with Crippen LogP contribution in [0.2, 0.25) is 0 Å². The van der Waals surface area contributed by atoms with Gasteiger partial charge in [-0.25, -0.2) is 4.98 Å². The third-order valence-corrected chi connectivity index (χ3v) is 3.25. The standard InChI is InChI=1S/C15H17N3O/c1-10(11-5-3-2-4-6-11)19-14-9-13(16)17-15(18-14)12-7-8-12/h2-6,9-10,12H,7-8H2,1H3,(H2,16,17,18).